The van der Waals surface area contributed by atoms with Crippen LogP contribution in [0.4, 0.5) is 5.13 Å². The molecule has 0 amide bonds. The molecule has 0 spiro atoms. The van der Waals surface area contributed by atoms with Gasteiger partial charge in [0.15, 0.2) is 5.96 Å². The lowest BCUT2D eigenvalue weighted by Crippen LogP contribution is -2.34. The normalized spacial score (nSPS) is 10.9. The van der Waals surface area contributed by atoms with Gasteiger partial charge in [-0.25, -0.2) is 10.4 Å². The number of aliphatic imine (C=N–C) groups is 2. The van der Waals surface area contributed by atoms with Gasteiger partial charge in [-0.15, -0.1) is 16.2 Å². The maximum absolute atomic E-state index is 10.0. The number of unbranched alkanes of at least 4 members (excludes halogenated alkanes) is 1. The first-order chi connectivity index (χ1) is 9.65. The number of guanidine groups is 2. The molecule has 0 fully saturated rings. The standard InChI is InChI=1S/C10H18N8OS/c1-13-9(17-18-19)14-5-3-2-4-7-6-20-10(15-7)16-8(11)12/h6H,2-5H2,1H3,(H4,11,12,15,16)(H2,13,14,17,19). The molecule has 0 radical (unpaired) electrons. The molecule has 0 saturated heterocycles. The van der Waals surface area contributed by atoms with Crippen LogP contribution in [0.15, 0.2) is 20.7 Å². The zero-order chi connectivity index (χ0) is 14.8. The second-order valence-corrected chi connectivity index (χ2v) is 4.65. The van der Waals surface area contributed by atoms with Crippen LogP contribution >= 0.6 is 11.3 Å². The van der Waals surface area contributed by atoms with Crippen LogP contribution in [0.5, 0.6) is 0 Å². The molecule has 0 atom stereocenters. The Morgan fingerprint density at radius 2 is 2.25 bits per heavy atom. The molecular weight excluding hydrogens is 280 g/mol. The number of nitrogens with one attached hydrogen (secondary N) is 2. The quantitative estimate of drug-likeness (QED) is 0.186. The highest BCUT2D eigenvalue weighted by molar-refractivity contribution is 7.13. The van der Waals surface area contributed by atoms with Crippen LogP contribution in [-0.4, -0.2) is 30.5 Å². The van der Waals surface area contributed by atoms with E-state index in [4.69, 9.17) is 11.5 Å². The number of nitrogens with zero attached hydrogens (tertiary/aromatic N) is 4. The Bertz CT molecular complexity index is 479. The van der Waals surface area contributed by atoms with Gasteiger partial charge < -0.3 is 16.8 Å². The predicted octanol–water partition coefficient (Wildman–Crippen LogP) is 0.217. The molecule has 0 unspecified atom stereocenters. The van der Waals surface area contributed by atoms with Crippen LogP contribution in [0.25, 0.3) is 0 Å². The van der Waals surface area contributed by atoms with Crippen molar-refractivity contribution in [2.24, 2.45) is 26.7 Å². The molecule has 1 aromatic heterocycles. The zero-order valence-corrected chi connectivity index (χ0v) is 12.0. The van der Waals surface area contributed by atoms with Crippen LogP contribution in [-0.2, 0) is 6.42 Å². The summed E-state index contributed by atoms with van der Waals surface area (Å²) >= 11 is 1.41. The molecule has 0 bridgehead atoms. The molecule has 0 aliphatic heterocycles. The molecule has 1 heterocycles. The molecule has 110 valence electrons. The zero-order valence-electron chi connectivity index (χ0n) is 11.2. The number of nitroso groups, excluding NO2 is 1. The molecule has 6 N–H and O–H groups in total. The fourth-order valence-corrected chi connectivity index (χ4v) is 2.16. The van der Waals surface area contributed by atoms with E-state index < -0.39 is 0 Å². The number of thiazole rings is 1. The summed E-state index contributed by atoms with van der Waals surface area (Å²) in [6.07, 6.45) is 2.70. The van der Waals surface area contributed by atoms with Gasteiger partial charge in [-0.05, 0) is 19.3 Å². The summed E-state index contributed by atoms with van der Waals surface area (Å²) < 4.78 is 0. The van der Waals surface area contributed by atoms with Gasteiger partial charge >= 0.3 is 0 Å². The maximum atomic E-state index is 10.0. The van der Waals surface area contributed by atoms with E-state index in [1.165, 1.54) is 11.3 Å². The van der Waals surface area contributed by atoms with E-state index >= 15 is 0 Å². The van der Waals surface area contributed by atoms with Gasteiger partial charge in [-0.3, -0.25) is 4.99 Å². The third kappa shape index (κ3) is 6.09. The summed E-state index contributed by atoms with van der Waals surface area (Å²) in [4.78, 5) is 22.0. The lowest BCUT2D eigenvalue weighted by atomic mass is 10.2. The van der Waals surface area contributed by atoms with E-state index in [9.17, 15) is 4.91 Å². The molecule has 20 heavy (non-hydrogen) atoms. The van der Waals surface area contributed by atoms with Gasteiger partial charge in [0.2, 0.25) is 11.1 Å². The lowest BCUT2D eigenvalue weighted by Gasteiger charge is -2.05. The van der Waals surface area contributed by atoms with Crippen LogP contribution in [0.2, 0.25) is 0 Å². The van der Waals surface area contributed by atoms with E-state index in [2.05, 4.69) is 31.0 Å². The summed E-state index contributed by atoms with van der Waals surface area (Å²) in [5.74, 6) is 0.376. The number of rotatable bonds is 7. The number of hydrogen-bond acceptors (Lipinski definition) is 6. The van der Waals surface area contributed by atoms with E-state index in [0.717, 1.165) is 25.0 Å². The first kappa shape index (κ1) is 15.8. The number of aryl methyl sites for hydroxylation is 1. The Hall–Kier alpha value is -2.23. The molecule has 0 aliphatic rings. The smallest absolute Gasteiger partial charge is 0.214 e. The molecule has 0 saturated carbocycles. The molecular formula is C10H18N8OS. The van der Waals surface area contributed by atoms with Crippen molar-refractivity contribution in [2.45, 2.75) is 19.3 Å². The van der Waals surface area contributed by atoms with Crippen LogP contribution in [0.1, 0.15) is 18.5 Å². The average Bonchev–Trinajstić information content (AvgIpc) is 2.83. The first-order valence-corrected chi connectivity index (χ1v) is 6.86. The summed E-state index contributed by atoms with van der Waals surface area (Å²) in [6, 6.07) is 0. The fourth-order valence-electron chi connectivity index (χ4n) is 1.42. The Kier molecular flexibility index (Phi) is 6.96. The van der Waals surface area contributed by atoms with Crippen molar-refractivity contribution >= 4 is 28.4 Å². The van der Waals surface area contributed by atoms with Gasteiger partial charge in [-0.1, -0.05) is 0 Å². The van der Waals surface area contributed by atoms with Gasteiger partial charge in [0.05, 0.1) is 11.0 Å². The van der Waals surface area contributed by atoms with Crippen molar-refractivity contribution in [3.8, 4) is 0 Å². The number of nitrogens with two attached hydrogens (primary N) is 2. The minimum absolute atomic E-state index is 0.0118. The topological polar surface area (TPSA) is 143 Å². The van der Waals surface area contributed by atoms with Gasteiger partial charge in [0, 0.05) is 19.0 Å². The van der Waals surface area contributed by atoms with Crippen molar-refractivity contribution < 1.29 is 0 Å². The maximum Gasteiger partial charge on any atom is 0.214 e. The first-order valence-electron chi connectivity index (χ1n) is 5.98. The summed E-state index contributed by atoms with van der Waals surface area (Å²) in [5, 5.41) is 8.01. The molecule has 1 rings (SSSR count). The molecule has 0 aliphatic carbocycles. The van der Waals surface area contributed by atoms with E-state index in [1.54, 1.807) is 7.05 Å². The highest BCUT2D eigenvalue weighted by Gasteiger charge is 2.01. The Morgan fingerprint density at radius 1 is 1.45 bits per heavy atom. The van der Waals surface area contributed by atoms with Crippen molar-refractivity contribution in [2.75, 3.05) is 13.6 Å². The fraction of sp³-hybridized carbons (Fsp3) is 0.500. The van der Waals surface area contributed by atoms with Crippen molar-refractivity contribution in [3.05, 3.63) is 16.0 Å². The SMILES string of the molecule is CN=C(NCCCCc1csc(N=C(N)N)n1)NN=O. The van der Waals surface area contributed by atoms with Crippen LogP contribution in [0.3, 0.4) is 0 Å². The molecule has 9 nitrogen and oxygen atoms in total. The Balaban J connectivity index is 2.23. The third-order valence-electron chi connectivity index (χ3n) is 2.29. The summed E-state index contributed by atoms with van der Waals surface area (Å²) in [6.45, 7) is 0.695. The van der Waals surface area contributed by atoms with E-state index in [0.29, 0.717) is 17.6 Å². The van der Waals surface area contributed by atoms with Crippen LogP contribution < -0.4 is 22.2 Å². The Labute approximate surface area is 120 Å². The second kappa shape index (κ2) is 8.80. The Morgan fingerprint density at radius 3 is 2.90 bits per heavy atom. The van der Waals surface area contributed by atoms with Crippen molar-refractivity contribution in [3.63, 3.8) is 0 Å². The van der Waals surface area contributed by atoms with Crippen molar-refractivity contribution in [1.82, 2.24) is 15.7 Å². The minimum atomic E-state index is 0.0118. The largest absolute Gasteiger partial charge is 0.370 e. The van der Waals surface area contributed by atoms with E-state index in [1.807, 2.05) is 5.38 Å². The molecule has 10 heteroatoms. The lowest BCUT2D eigenvalue weighted by molar-refractivity contribution is 0.692. The molecule has 1 aromatic rings. The van der Waals surface area contributed by atoms with Crippen LogP contribution in [0, 0.1) is 4.91 Å². The van der Waals surface area contributed by atoms with Crippen molar-refractivity contribution in [1.29, 1.82) is 0 Å². The van der Waals surface area contributed by atoms with Gasteiger partial charge in [0.25, 0.3) is 0 Å². The highest BCUT2D eigenvalue weighted by Crippen LogP contribution is 2.19. The summed E-state index contributed by atoms with van der Waals surface area (Å²) in [7, 11) is 1.57. The third-order valence-corrected chi connectivity index (χ3v) is 3.07. The van der Waals surface area contributed by atoms with Gasteiger partial charge in [-0.2, -0.15) is 4.99 Å². The van der Waals surface area contributed by atoms with E-state index in [-0.39, 0.29) is 5.96 Å². The second-order valence-electron chi connectivity index (χ2n) is 3.82. The highest BCUT2D eigenvalue weighted by atomic mass is 32.1. The number of aromatic nitrogens is 1. The molecule has 0 aromatic carbocycles. The summed E-state index contributed by atoms with van der Waals surface area (Å²) in [5.41, 5.74) is 13.7. The van der Waals surface area contributed by atoms with Gasteiger partial charge in [0.1, 0.15) is 0 Å². The minimum Gasteiger partial charge on any atom is -0.370 e. The average molecular weight is 298 g/mol. The number of hydrogen-bond donors (Lipinski definition) is 4. The monoisotopic (exact) mass is 298 g/mol. The predicted molar refractivity (Wildman–Crippen MR) is 80.8 cm³/mol.